The number of anilines is 2. The molecule has 4 aromatic rings. The molecule has 0 radical (unpaired) electrons. The summed E-state index contributed by atoms with van der Waals surface area (Å²) in [6.45, 7) is 4.04. The molecule has 0 bridgehead atoms. The summed E-state index contributed by atoms with van der Waals surface area (Å²) < 4.78 is 12.1. The van der Waals surface area contributed by atoms with Crippen molar-refractivity contribution in [3.05, 3.63) is 126 Å². The molecule has 0 unspecified atom stereocenters. The molecule has 2 fully saturated rings. The summed E-state index contributed by atoms with van der Waals surface area (Å²) in [5.41, 5.74) is 4.79. The molecule has 7 rings (SSSR count). The molecule has 3 heterocycles. The third-order valence-corrected chi connectivity index (χ3v) is 10.1. The highest BCUT2D eigenvalue weighted by Crippen LogP contribution is 2.43. The highest BCUT2D eigenvalue weighted by molar-refractivity contribution is 5.99. The van der Waals surface area contributed by atoms with Crippen LogP contribution in [0.5, 0.6) is 5.75 Å². The maximum absolute atomic E-state index is 14.3. The summed E-state index contributed by atoms with van der Waals surface area (Å²) in [6.07, 6.45) is 4.71. The lowest BCUT2D eigenvalue weighted by atomic mass is 9.72. The summed E-state index contributed by atoms with van der Waals surface area (Å²) in [5, 5.41) is 3.85. The Bertz CT molecular complexity index is 1460. The minimum atomic E-state index is -0.774. The fraction of sp³-hybridized carbons (Fsp3) is 0.342. The number of nitrogens with zero attached hydrogens (tertiary/aromatic N) is 2. The number of amides is 1. The molecule has 1 atom stereocenters. The van der Waals surface area contributed by atoms with Crippen LogP contribution >= 0.6 is 0 Å². The van der Waals surface area contributed by atoms with E-state index < -0.39 is 11.6 Å². The van der Waals surface area contributed by atoms with E-state index in [-0.39, 0.29) is 12.5 Å². The van der Waals surface area contributed by atoms with Gasteiger partial charge in [0.1, 0.15) is 18.4 Å². The van der Waals surface area contributed by atoms with E-state index in [9.17, 15) is 4.79 Å². The maximum atomic E-state index is 14.3. The molecule has 6 heteroatoms. The van der Waals surface area contributed by atoms with E-state index >= 15 is 0 Å². The third-order valence-electron chi connectivity index (χ3n) is 10.1. The smallest absolute Gasteiger partial charge is 0.247 e. The predicted octanol–water partition coefficient (Wildman–Crippen LogP) is 6.39. The van der Waals surface area contributed by atoms with Crippen LogP contribution < -0.4 is 19.9 Å². The molecule has 0 saturated carbocycles. The molecule has 44 heavy (non-hydrogen) atoms. The topological polar surface area (TPSA) is 54.0 Å². The molecule has 1 spiro atoms. The van der Waals surface area contributed by atoms with Gasteiger partial charge in [-0.15, -0.1) is 0 Å². The van der Waals surface area contributed by atoms with Gasteiger partial charge in [0.2, 0.25) is 5.91 Å². The third kappa shape index (κ3) is 5.27. The summed E-state index contributed by atoms with van der Waals surface area (Å²) in [4.78, 5) is 18.6. The number of nitrogens with one attached hydrogen (secondary N) is 1. The monoisotopic (exact) mass is 587 g/mol. The van der Waals surface area contributed by atoms with Crippen molar-refractivity contribution < 1.29 is 14.3 Å². The SMILES string of the molecule is CN1C(=O)[C@@H](NC(c2ccccc2)(c2ccccc2)c2ccccc2)COc2ccc(N3CCC4(CCOCC4)CC3)cc21. The average Bonchev–Trinajstić information content (AvgIpc) is 3.20. The molecule has 0 aromatic heterocycles. The zero-order valence-corrected chi connectivity index (χ0v) is 25.5. The van der Waals surface area contributed by atoms with Crippen LogP contribution in [-0.4, -0.2) is 51.9 Å². The Hall–Kier alpha value is -4.13. The molecule has 6 nitrogen and oxygen atoms in total. The first-order valence-corrected chi connectivity index (χ1v) is 15.9. The number of carbonyl (C=O) groups excluding carboxylic acids is 1. The van der Waals surface area contributed by atoms with Crippen molar-refractivity contribution in [3.63, 3.8) is 0 Å². The Kier molecular flexibility index (Phi) is 7.87. The molecule has 4 aromatic carbocycles. The van der Waals surface area contributed by atoms with Crippen LogP contribution in [-0.2, 0) is 15.1 Å². The Balaban J connectivity index is 1.20. The molecule has 1 N–H and O–H groups in total. The fourth-order valence-corrected chi connectivity index (χ4v) is 7.41. The number of ether oxygens (including phenoxy) is 2. The van der Waals surface area contributed by atoms with Crippen molar-refractivity contribution in [2.24, 2.45) is 5.41 Å². The number of carbonyl (C=O) groups is 1. The molecular weight excluding hydrogens is 546 g/mol. The van der Waals surface area contributed by atoms with Crippen LogP contribution in [0.3, 0.4) is 0 Å². The summed E-state index contributed by atoms with van der Waals surface area (Å²) >= 11 is 0. The lowest BCUT2D eigenvalue weighted by Gasteiger charge is -2.45. The van der Waals surface area contributed by atoms with Gasteiger partial charge >= 0.3 is 0 Å². The molecule has 3 aliphatic rings. The summed E-state index contributed by atoms with van der Waals surface area (Å²) in [5.74, 6) is 0.712. The molecular formula is C38H41N3O3. The Morgan fingerprint density at radius 2 is 1.30 bits per heavy atom. The van der Waals surface area contributed by atoms with Gasteiger partial charge < -0.3 is 19.3 Å². The number of benzene rings is 4. The van der Waals surface area contributed by atoms with Crippen LogP contribution in [0.25, 0.3) is 0 Å². The van der Waals surface area contributed by atoms with Gasteiger partial charge in [-0.25, -0.2) is 0 Å². The maximum Gasteiger partial charge on any atom is 0.247 e. The van der Waals surface area contributed by atoms with Crippen molar-refractivity contribution in [3.8, 4) is 5.75 Å². The van der Waals surface area contributed by atoms with Gasteiger partial charge in [-0.2, -0.15) is 0 Å². The largest absolute Gasteiger partial charge is 0.489 e. The highest BCUT2D eigenvalue weighted by Gasteiger charge is 2.42. The highest BCUT2D eigenvalue weighted by atomic mass is 16.5. The molecule has 2 saturated heterocycles. The fourth-order valence-electron chi connectivity index (χ4n) is 7.41. The van der Waals surface area contributed by atoms with Gasteiger partial charge in [0.25, 0.3) is 0 Å². The normalized spacial score (nSPS) is 20.1. The number of likely N-dealkylation sites (N-methyl/N-ethyl adjacent to an activating group) is 1. The van der Waals surface area contributed by atoms with Crippen LogP contribution in [0.1, 0.15) is 42.4 Å². The predicted molar refractivity (Wildman–Crippen MR) is 175 cm³/mol. The Labute approximate surface area is 260 Å². The van der Waals surface area contributed by atoms with Gasteiger partial charge in [0, 0.05) is 39.0 Å². The number of fused-ring (bicyclic) bond motifs is 1. The summed E-state index contributed by atoms with van der Waals surface area (Å²) in [6, 6.07) is 36.9. The first-order chi connectivity index (χ1) is 21.6. The minimum Gasteiger partial charge on any atom is -0.489 e. The van der Waals surface area contributed by atoms with Crippen LogP contribution in [0, 0.1) is 5.41 Å². The van der Waals surface area contributed by atoms with E-state index in [1.165, 1.54) is 25.7 Å². The molecule has 3 aliphatic heterocycles. The lowest BCUT2D eigenvalue weighted by Crippen LogP contribution is -2.56. The van der Waals surface area contributed by atoms with Crippen LogP contribution in [0.15, 0.2) is 109 Å². The number of rotatable bonds is 6. The van der Waals surface area contributed by atoms with E-state index in [1.807, 2.05) is 31.3 Å². The van der Waals surface area contributed by atoms with Gasteiger partial charge in [0.15, 0.2) is 0 Å². The van der Waals surface area contributed by atoms with Crippen molar-refractivity contribution in [1.82, 2.24) is 5.32 Å². The van der Waals surface area contributed by atoms with E-state index in [4.69, 9.17) is 9.47 Å². The van der Waals surface area contributed by atoms with Crippen molar-refractivity contribution in [2.75, 3.05) is 49.8 Å². The van der Waals surface area contributed by atoms with Crippen LogP contribution in [0.2, 0.25) is 0 Å². The van der Waals surface area contributed by atoms with Crippen molar-refractivity contribution in [2.45, 2.75) is 37.3 Å². The van der Waals surface area contributed by atoms with E-state index in [0.29, 0.717) is 5.41 Å². The van der Waals surface area contributed by atoms with Gasteiger partial charge in [-0.3, -0.25) is 10.1 Å². The van der Waals surface area contributed by atoms with E-state index in [2.05, 4.69) is 95.1 Å². The molecule has 1 amide bonds. The lowest BCUT2D eigenvalue weighted by molar-refractivity contribution is -0.121. The quantitative estimate of drug-likeness (QED) is 0.265. The van der Waals surface area contributed by atoms with Gasteiger partial charge in [0.05, 0.1) is 11.2 Å². The first kappa shape index (κ1) is 28.6. The molecule has 226 valence electrons. The second-order valence-corrected chi connectivity index (χ2v) is 12.5. The first-order valence-electron chi connectivity index (χ1n) is 15.9. The van der Waals surface area contributed by atoms with Gasteiger partial charge in [-0.05, 0) is 66.0 Å². The Morgan fingerprint density at radius 3 is 1.84 bits per heavy atom. The number of hydrogen-bond acceptors (Lipinski definition) is 5. The number of hydrogen-bond donors (Lipinski definition) is 1. The van der Waals surface area contributed by atoms with Gasteiger partial charge in [-0.1, -0.05) is 91.0 Å². The van der Waals surface area contributed by atoms with E-state index in [1.54, 1.807) is 4.90 Å². The minimum absolute atomic E-state index is 0.0205. The zero-order chi connectivity index (χ0) is 30.0. The van der Waals surface area contributed by atoms with Crippen molar-refractivity contribution >= 4 is 17.3 Å². The second-order valence-electron chi connectivity index (χ2n) is 12.5. The van der Waals surface area contributed by atoms with Crippen molar-refractivity contribution in [1.29, 1.82) is 0 Å². The molecule has 0 aliphatic carbocycles. The number of piperidine rings is 1. The standard InChI is InChI=1S/C38H41N3O3/c1-40-34-27-32(41-23-19-37(20-24-41)21-25-43-26-22-37)17-18-35(34)44-28-33(36(40)42)39-38(29-11-5-2-6-12-29,30-13-7-3-8-14-30)31-15-9-4-10-16-31/h2-18,27,33,39H,19-26,28H2,1H3/t33-/m0/s1. The zero-order valence-electron chi connectivity index (χ0n) is 25.5. The Morgan fingerprint density at radius 1 is 0.750 bits per heavy atom. The van der Waals surface area contributed by atoms with Crippen LogP contribution in [0.4, 0.5) is 11.4 Å². The second kappa shape index (κ2) is 12.1. The van der Waals surface area contributed by atoms with E-state index in [0.717, 1.165) is 60.1 Å². The average molecular weight is 588 g/mol. The summed E-state index contributed by atoms with van der Waals surface area (Å²) in [7, 11) is 1.87.